The number of fused-ring (bicyclic) bond motifs is 1. The molecule has 4 rings (SSSR count). The van der Waals surface area contributed by atoms with Gasteiger partial charge in [0.15, 0.2) is 5.78 Å². The Bertz CT molecular complexity index is 1170. The highest BCUT2D eigenvalue weighted by atomic mass is 19.1. The standard InChI is InChI=1S/C27H26FNO4/c1-2-33-27(32)25(19-8-9-19)26(31)24(18-10-12-21(28)13-11-18)23(30)14-7-17-15-20-5-3-4-6-22(20)29-16-17/h3-7,10-16,19,23-25,30H,2,8-9H2,1H3. The highest BCUT2D eigenvalue weighted by Crippen LogP contribution is 2.41. The summed E-state index contributed by atoms with van der Waals surface area (Å²) in [7, 11) is 0. The fourth-order valence-electron chi connectivity index (χ4n) is 4.10. The van der Waals surface area contributed by atoms with Gasteiger partial charge in [-0.15, -0.1) is 0 Å². The first-order chi connectivity index (χ1) is 16.0. The first kappa shape index (κ1) is 22.8. The van der Waals surface area contributed by atoms with Gasteiger partial charge in [0.25, 0.3) is 0 Å². The molecule has 0 amide bonds. The van der Waals surface area contributed by atoms with Crippen LogP contribution in [0.4, 0.5) is 4.39 Å². The Labute approximate surface area is 191 Å². The molecule has 170 valence electrons. The van der Waals surface area contributed by atoms with Crippen LogP contribution in [0.5, 0.6) is 0 Å². The Morgan fingerprint density at radius 3 is 2.61 bits per heavy atom. The minimum absolute atomic E-state index is 0.0830. The molecule has 5 nitrogen and oxygen atoms in total. The number of halogens is 1. The summed E-state index contributed by atoms with van der Waals surface area (Å²) in [5.41, 5.74) is 2.07. The van der Waals surface area contributed by atoms with E-state index in [1.54, 1.807) is 19.2 Å². The van der Waals surface area contributed by atoms with Crippen molar-refractivity contribution in [2.24, 2.45) is 11.8 Å². The zero-order valence-electron chi connectivity index (χ0n) is 18.4. The number of esters is 1. The van der Waals surface area contributed by atoms with Gasteiger partial charge >= 0.3 is 5.97 Å². The number of carbonyl (C=O) groups is 2. The number of carbonyl (C=O) groups excluding carboxylic acids is 2. The second-order valence-corrected chi connectivity index (χ2v) is 8.31. The third-order valence-electron chi connectivity index (χ3n) is 5.92. The summed E-state index contributed by atoms with van der Waals surface area (Å²) in [5, 5.41) is 12.0. The maximum Gasteiger partial charge on any atom is 0.316 e. The third-order valence-corrected chi connectivity index (χ3v) is 5.92. The molecule has 0 spiro atoms. The van der Waals surface area contributed by atoms with Crippen LogP contribution in [0.1, 0.15) is 36.8 Å². The smallest absolute Gasteiger partial charge is 0.316 e. The van der Waals surface area contributed by atoms with Gasteiger partial charge in [0.1, 0.15) is 11.7 Å². The number of pyridine rings is 1. The summed E-state index contributed by atoms with van der Waals surface area (Å²) in [4.78, 5) is 30.5. The van der Waals surface area contributed by atoms with Crippen molar-refractivity contribution in [2.45, 2.75) is 31.8 Å². The van der Waals surface area contributed by atoms with E-state index in [1.165, 1.54) is 30.3 Å². The molecule has 3 aromatic rings. The number of aliphatic hydroxyl groups is 1. The van der Waals surface area contributed by atoms with Crippen molar-refractivity contribution < 1.29 is 23.8 Å². The van der Waals surface area contributed by atoms with Crippen LogP contribution in [0.2, 0.25) is 0 Å². The molecule has 33 heavy (non-hydrogen) atoms. The molecule has 1 aliphatic rings. The van der Waals surface area contributed by atoms with Crippen molar-refractivity contribution in [1.82, 2.24) is 4.98 Å². The summed E-state index contributed by atoms with van der Waals surface area (Å²) < 4.78 is 18.7. The molecule has 1 N–H and O–H groups in total. The molecular formula is C27H26FNO4. The van der Waals surface area contributed by atoms with Crippen LogP contribution >= 0.6 is 0 Å². The second kappa shape index (κ2) is 10.0. The Hall–Kier alpha value is -3.38. The Morgan fingerprint density at radius 2 is 1.91 bits per heavy atom. The van der Waals surface area contributed by atoms with E-state index in [9.17, 15) is 19.1 Å². The maximum atomic E-state index is 13.6. The quantitative estimate of drug-likeness (QED) is 0.380. The normalized spacial score (nSPS) is 16.5. The van der Waals surface area contributed by atoms with Gasteiger partial charge in [0.2, 0.25) is 0 Å². The highest BCUT2D eigenvalue weighted by Gasteiger charge is 2.46. The van der Waals surface area contributed by atoms with Gasteiger partial charge in [-0.2, -0.15) is 0 Å². The topological polar surface area (TPSA) is 76.5 Å². The average molecular weight is 448 g/mol. The lowest BCUT2D eigenvalue weighted by Gasteiger charge is -2.24. The number of benzene rings is 2. The molecule has 0 radical (unpaired) electrons. The van der Waals surface area contributed by atoms with Gasteiger partial charge in [-0.25, -0.2) is 4.39 Å². The number of rotatable bonds is 9. The van der Waals surface area contributed by atoms with E-state index in [0.717, 1.165) is 29.3 Å². The van der Waals surface area contributed by atoms with Crippen molar-refractivity contribution in [1.29, 1.82) is 0 Å². The van der Waals surface area contributed by atoms with E-state index in [4.69, 9.17) is 4.74 Å². The van der Waals surface area contributed by atoms with Gasteiger partial charge in [0, 0.05) is 11.6 Å². The minimum Gasteiger partial charge on any atom is -0.465 e. The molecule has 1 fully saturated rings. The first-order valence-electron chi connectivity index (χ1n) is 11.1. The molecule has 1 aromatic heterocycles. The van der Waals surface area contributed by atoms with Crippen molar-refractivity contribution in [3.05, 3.63) is 83.8 Å². The number of para-hydroxylation sites is 1. The monoisotopic (exact) mass is 447 g/mol. The molecule has 1 aliphatic carbocycles. The van der Waals surface area contributed by atoms with Gasteiger partial charge < -0.3 is 9.84 Å². The number of ketones is 1. The maximum absolute atomic E-state index is 13.6. The lowest BCUT2D eigenvalue weighted by Crippen LogP contribution is -2.36. The van der Waals surface area contributed by atoms with E-state index in [2.05, 4.69) is 4.98 Å². The number of hydrogen-bond donors (Lipinski definition) is 1. The minimum atomic E-state index is -1.22. The van der Waals surface area contributed by atoms with Gasteiger partial charge in [-0.3, -0.25) is 14.6 Å². The van der Waals surface area contributed by atoms with E-state index < -0.39 is 35.5 Å². The van der Waals surface area contributed by atoms with Crippen LogP contribution < -0.4 is 0 Å². The first-order valence-corrected chi connectivity index (χ1v) is 11.1. The molecule has 3 unspecified atom stereocenters. The average Bonchev–Trinajstić information content (AvgIpc) is 3.64. The van der Waals surface area contributed by atoms with Crippen LogP contribution in [-0.4, -0.2) is 34.6 Å². The zero-order valence-corrected chi connectivity index (χ0v) is 18.4. The molecule has 1 heterocycles. The molecule has 1 saturated carbocycles. The predicted octanol–water partition coefficient (Wildman–Crippen LogP) is 4.69. The summed E-state index contributed by atoms with van der Waals surface area (Å²) in [6.45, 7) is 1.87. The van der Waals surface area contributed by atoms with E-state index in [-0.39, 0.29) is 12.5 Å². The van der Waals surface area contributed by atoms with Crippen LogP contribution in [0, 0.1) is 17.7 Å². The fourth-order valence-corrected chi connectivity index (χ4v) is 4.10. The van der Waals surface area contributed by atoms with Gasteiger partial charge in [0.05, 0.1) is 24.1 Å². The predicted molar refractivity (Wildman–Crippen MR) is 124 cm³/mol. The molecule has 2 aromatic carbocycles. The van der Waals surface area contributed by atoms with E-state index in [1.807, 2.05) is 30.3 Å². The number of nitrogens with zero attached hydrogens (tertiary/aromatic N) is 1. The summed E-state index contributed by atoms with van der Waals surface area (Å²) in [6, 6.07) is 15.1. The Balaban J connectivity index is 1.64. The van der Waals surface area contributed by atoms with Crippen LogP contribution in [-0.2, 0) is 14.3 Å². The number of Topliss-reactive ketones (excluding diaryl/α,β-unsaturated/α-hetero) is 1. The van der Waals surface area contributed by atoms with Gasteiger partial charge in [-0.05, 0) is 61.1 Å². The zero-order chi connectivity index (χ0) is 23.4. The SMILES string of the molecule is CCOC(=O)C(C(=O)C(c1ccc(F)cc1)C(O)C=Cc1cnc2ccccc2c1)C1CC1. The molecular weight excluding hydrogens is 421 g/mol. The molecule has 3 atom stereocenters. The number of aliphatic hydroxyl groups excluding tert-OH is 1. The summed E-state index contributed by atoms with van der Waals surface area (Å²) in [6.07, 6.45) is 5.22. The second-order valence-electron chi connectivity index (χ2n) is 8.31. The molecule has 0 saturated heterocycles. The van der Waals surface area contributed by atoms with Crippen molar-refractivity contribution in [3.63, 3.8) is 0 Å². The fraction of sp³-hybridized carbons (Fsp3) is 0.296. The third kappa shape index (κ3) is 5.34. The van der Waals surface area contributed by atoms with Crippen molar-refractivity contribution >= 4 is 28.7 Å². The number of hydrogen-bond acceptors (Lipinski definition) is 5. The summed E-state index contributed by atoms with van der Waals surface area (Å²) in [5.74, 6) is -3.46. The van der Waals surface area contributed by atoms with Crippen LogP contribution in [0.15, 0.2) is 66.9 Å². The number of aromatic nitrogens is 1. The number of ether oxygens (including phenoxy) is 1. The molecule has 0 bridgehead atoms. The Kier molecular flexibility index (Phi) is 6.94. The van der Waals surface area contributed by atoms with Crippen LogP contribution in [0.3, 0.4) is 0 Å². The Morgan fingerprint density at radius 1 is 1.18 bits per heavy atom. The molecule has 0 aliphatic heterocycles. The largest absolute Gasteiger partial charge is 0.465 e. The van der Waals surface area contributed by atoms with E-state index in [0.29, 0.717) is 5.56 Å². The van der Waals surface area contributed by atoms with E-state index >= 15 is 0 Å². The lowest BCUT2D eigenvalue weighted by molar-refractivity contribution is -0.153. The molecule has 6 heteroatoms. The highest BCUT2D eigenvalue weighted by molar-refractivity contribution is 6.03. The van der Waals surface area contributed by atoms with Gasteiger partial charge in [-0.1, -0.05) is 42.5 Å². The van der Waals surface area contributed by atoms with Crippen LogP contribution in [0.25, 0.3) is 17.0 Å². The van der Waals surface area contributed by atoms with Crippen molar-refractivity contribution in [3.8, 4) is 0 Å². The lowest BCUT2D eigenvalue weighted by atomic mass is 9.81. The van der Waals surface area contributed by atoms with Crippen molar-refractivity contribution in [2.75, 3.05) is 6.61 Å². The summed E-state index contributed by atoms with van der Waals surface area (Å²) >= 11 is 0.